The lowest BCUT2D eigenvalue weighted by atomic mass is 9.95. The average Bonchev–Trinajstić information content (AvgIpc) is 2.67. The van der Waals surface area contributed by atoms with E-state index < -0.39 is 0 Å². The maximum absolute atomic E-state index is 12.6. The van der Waals surface area contributed by atoms with E-state index in [1.807, 2.05) is 23.1 Å². The first kappa shape index (κ1) is 15.0. The predicted octanol–water partition coefficient (Wildman–Crippen LogP) is 2.81. The summed E-state index contributed by atoms with van der Waals surface area (Å²) < 4.78 is 0. The number of carbonyl (C=O) groups excluding carboxylic acids is 1. The Bertz CT molecular complexity index is 450. The third-order valence-corrected chi connectivity index (χ3v) is 3.67. The molecule has 1 amide bonds. The van der Waals surface area contributed by atoms with Gasteiger partial charge in [0.2, 0.25) is 5.91 Å². The highest BCUT2D eigenvalue weighted by Crippen LogP contribution is 2.23. The summed E-state index contributed by atoms with van der Waals surface area (Å²) in [6.07, 6.45) is 1.90. The Kier molecular flexibility index (Phi) is 4.48. The van der Waals surface area contributed by atoms with E-state index in [1.54, 1.807) is 0 Å². The Hall–Kier alpha value is -1.35. The van der Waals surface area contributed by atoms with Crippen LogP contribution >= 0.6 is 0 Å². The molecule has 0 radical (unpaired) electrons. The lowest BCUT2D eigenvalue weighted by Crippen LogP contribution is -2.41. The van der Waals surface area contributed by atoms with E-state index in [2.05, 4.69) is 45.1 Å². The van der Waals surface area contributed by atoms with Crippen molar-refractivity contribution in [1.82, 2.24) is 10.2 Å². The van der Waals surface area contributed by atoms with Gasteiger partial charge in [-0.1, -0.05) is 58.0 Å². The SMILES string of the molecule is CCC1NC(Cc2ccccc2)C(=O)N1CC(C)(C)C. The van der Waals surface area contributed by atoms with Crippen LogP contribution in [0.5, 0.6) is 0 Å². The Balaban J connectivity index is 2.08. The third kappa shape index (κ3) is 3.60. The van der Waals surface area contributed by atoms with Gasteiger partial charge in [-0.25, -0.2) is 0 Å². The molecule has 1 aliphatic rings. The van der Waals surface area contributed by atoms with Gasteiger partial charge in [0.1, 0.15) is 0 Å². The molecule has 0 spiro atoms. The third-order valence-electron chi connectivity index (χ3n) is 3.67. The van der Waals surface area contributed by atoms with E-state index in [0.29, 0.717) is 0 Å². The van der Waals surface area contributed by atoms with Gasteiger partial charge in [0.05, 0.1) is 12.2 Å². The monoisotopic (exact) mass is 274 g/mol. The van der Waals surface area contributed by atoms with Gasteiger partial charge in [0, 0.05) is 6.54 Å². The van der Waals surface area contributed by atoms with Gasteiger partial charge < -0.3 is 4.90 Å². The molecule has 0 bridgehead atoms. The van der Waals surface area contributed by atoms with Crippen molar-refractivity contribution in [2.45, 2.75) is 52.7 Å². The van der Waals surface area contributed by atoms with Crippen molar-refractivity contribution >= 4 is 5.91 Å². The van der Waals surface area contributed by atoms with Crippen LogP contribution in [-0.4, -0.2) is 29.6 Å². The minimum absolute atomic E-state index is 0.0790. The first-order chi connectivity index (χ1) is 9.40. The van der Waals surface area contributed by atoms with Gasteiger partial charge in [0.15, 0.2) is 0 Å². The van der Waals surface area contributed by atoms with Crippen LogP contribution in [0.4, 0.5) is 0 Å². The largest absolute Gasteiger partial charge is 0.325 e. The molecular weight excluding hydrogens is 248 g/mol. The molecule has 1 N–H and O–H groups in total. The van der Waals surface area contributed by atoms with Crippen molar-refractivity contribution in [3.8, 4) is 0 Å². The number of hydrogen-bond donors (Lipinski definition) is 1. The molecule has 110 valence electrons. The molecule has 1 aromatic carbocycles. The Labute approximate surface area is 122 Å². The highest BCUT2D eigenvalue weighted by Gasteiger charge is 2.39. The summed E-state index contributed by atoms with van der Waals surface area (Å²) in [6.45, 7) is 9.47. The van der Waals surface area contributed by atoms with Gasteiger partial charge in [-0.15, -0.1) is 0 Å². The van der Waals surface area contributed by atoms with Crippen LogP contribution in [-0.2, 0) is 11.2 Å². The number of nitrogens with one attached hydrogen (secondary N) is 1. The van der Waals surface area contributed by atoms with Crippen molar-refractivity contribution < 1.29 is 4.79 Å². The van der Waals surface area contributed by atoms with Crippen molar-refractivity contribution in [2.24, 2.45) is 5.41 Å². The van der Waals surface area contributed by atoms with E-state index in [0.717, 1.165) is 19.4 Å². The Morgan fingerprint density at radius 1 is 1.20 bits per heavy atom. The fraction of sp³-hybridized carbons (Fsp3) is 0.588. The summed E-state index contributed by atoms with van der Waals surface area (Å²) >= 11 is 0. The van der Waals surface area contributed by atoms with Crippen LogP contribution < -0.4 is 5.32 Å². The lowest BCUT2D eigenvalue weighted by Gasteiger charge is -2.30. The molecule has 1 fully saturated rings. The first-order valence-electron chi connectivity index (χ1n) is 7.51. The summed E-state index contributed by atoms with van der Waals surface area (Å²) in [6, 6.07) is 10.2. The summed E-state index contributed by atoms with van der Waals surface area (Å²) in [4.78, 5) is 14.6. The van der Waals surface area contributed by atoms with Crippen LogP contribution in [0.3, 0.4) is 0 Å². The normalized spacial score (nSPS) is 23.4. The number of nitrogens with zero attached hydrogens (tertiary/aromatic N) is 1. The van der Waals surface area contributed by atoms with Crippen LogP contribution in [0.2, 0.25) is 0 Å². The van der Waals surface area contributed by atoms with E-state index in [4.69, 9.17) is 0 Å². The van der Waals surface area contributed by atoms with Crippen LogP contribution in [0.25, 0.3) is 0 Å². The molecule has 1 heterocycles. The molecular formula is C17H26N2O. The van der Waals surface area contributed by atoms with Crippen molar-refractivity contribution in [3.05, 3.63) is 35.9 Å². The molecule has 1 saturated heterocycles. The predicted molar refractivity (Wildman–Crippen MR) is 82.3 cm³/mol. The molecule has 0 saturated carbocycles. The van der Waals surface area contributed by atoms with Crippen LogP contribution in [0.15, 0.2) is 30.3 Å². The highest BCUT2D eigenvalue weighted by atomic mass is 16.2. The molecule has 20 heavy (non-hydrogen) atoms. The van der Waals surface area contributed by atoms with E-state index in [1.165, 1.54) is 5.56 Å². The molecule has 0 aliphatic carbocycles. The molecule has 2 rings (SSSR count). The van der Waals surface area contributed by atoms with Crippen molar-refractivity contribution in [2.75, 3.05) is 6.54 Å². The van der Waals surface area contributed by atoms with Gasteiger partial charge in [0.25, 0.3) is 0 Å². The second-order valence-corrected chi connectivity index (χ2v) is 6.86. The maximum atomic E-state index is 12.6. The summed E-state index contributed by atoms with van der Waals surface area (Å²) in [5, 5.41) is 3.49. The maximum Gasteiger partial charge on any atom is 0.241 e. The summed E-state index contributed by atoms with van der Waals surface area (Å²) in [7, 11) is 0. The number of rotatable bonds is 4. The van der Waals surface area contributed by atoms with Crippen molar-refractivity contribution in [3.63, 3.8) is 0 Å². The lowest BCUT2D eigenvalue weighted by molar-refractivity contribution is -0.131. The van der Waals surface area contributed by atoms with Crippen molar-refractivity contribution in [1.29, 1.82) is 0 Å². The van der Waals surface area contributed by atoms with E-state index in [9.17, 15) is 4.79 Å². The van der Waals surface area contributed by atoms with Gasteiger partial charge in [-0.3, -0.25) is 10.1 Å². The standard InChI is InChI=1S/C17H26N2O/c1-5-15-18-14(11-13-9-7-6-8-10-13)16(20)19(15)12-17(2,3)4/h6-10,14-15,18H,5,11-12H2,1-4H3. The molecule has 1 aromatic rings. The molecule has 2 unspecified atom stereocenters. The van der Waals surface area contributed by atoms with E-state index >= 15 is 0 Å². The summed E-state index contributed by atoms with van der Waals surface area (Å²) in [5.74, 6) is 0.246. The fourth-order valence-corrected chi connectivity index (χ4v) is 2.78. The second kappa shape index (κ2) is 5.96. The summed E-state index contributed by atoms with van der Waals surface area (Å²) in [5.41, 5.74) is 1.35. The van der Waals surface area contributed by atoms with Crippen LogP contribution in [0.1, 0.15) is 39.7 Å². The number of amides is 1. The van der Waals surface area contributed by atoms with Gasteiger partial charge in [-0.2, -0.15) is 0 Å². The number of benzene rings is 1. The Morgan fingerprint density at radius 2 is 1.85 bits per heavy atom. The zero-order valence-electron chi connectivity index (χ0n) is 13.0. The minimum atomic E-state index is -0.0790. The Morgan fingerprint density at radius 3 is 2.40 bits per heavy atom. The second-order valence-electron chi connectivity index (χ2n) is 6.86. The number of carbonyl (C=O) groups is 1. The smallest absolute Gasteiger partial charge is 0.241 e. The zero-order chi connectivity index (χ0) is 14.8. The molecule has 1 aliphatic heterocycles. The zero-order valence-corrected chi connectivity index (χ0v) is 13.0. The van der Waals surface area contributed by atoms with Gasteiger partial charge in [-0.05, 0) is 23.8 Å². The fourth-order valence-electron chi connectivity index (χ4n) is 2.78. The highest BCUT2D eigenvalue weighted by molar-refractivity contribution is 5.84. The molecule has 0 aromatic heterocycles. The quantitative estimate of drug-likeness (QED) is 0.915. The van der Waals surface area contributed by atoms with Gasteiger partial charge >= 0.3 is 0 Å². The van der Waals surface area contributed by atoms with E-state index in [-0.39, 0.29) is 23.5 Å². The number of hydrogen-bond acceptors (Lipinski definition) is 2. The first-order valence-corrected chi connectivity index (χ1v) is 7.51. The van der Waals surface area contributed by atoms with Crippen LogP contribution in [0, 0.1) is 5.41 Å². The minimum Gasteiger partial charge on any atom is -0.325 e. The molecule has 2 atom stereocenters. The molecule has 3 nitrogen and oxygen atoms in total. The molecule has 3 heteroatoms. The topological polar surface area (TPSA) is 32.3 Å². The average molecular weight is 274 g/mol.